The Morgan fingerprint density at radius 2 is 2.30 bits per heavy atom. The Balaban J connectivity index is 2.01. The molecule has 1 aromatic rings. The van der Waals surface area contributed by atoms with Crippen LogP contribution in [-0.4, -0.2) is 51.5 Å². The molecule has 112 valence electrons. The van der Waals surface area contributed by atoms with Gasteiger partial charge in [-0.05, 0) is 31.5 Å². The van der Waals surface area contributed by atoms with Crippen molar-refractivity contribution in [3.63, 3.8) is 0 Å². The zero-order chi connectivity index (χ0) is 14.6. The molecular formula is C13H22N4O2S. The van der Waals surface area contributed by atoms with Gasteiger partial charge >= 0.3 is 0 Å². The lowest BCUT2D eigenvalue weighted by molar-refractivity contribution is 0.342. The maximum Gasteiger partial charge on any atom is 0.244 e. The lowest BCUT2D eigenvalue weighted by Crippen LogP contribution is -2.31. The highest BCUT2D eigenvalue weighted by molar-refractivity contribution is 7.89. The zero-order valence-electron chi connectivity index (χ0n) is 12.0. The molecule has 1 fully saturated rings. The summed E-state index contributed by atoms with van der Waals surface area (Å²) in [7, 11) is -1.81. The van der Waals surface area contributed by atoms with Gasteiger partial charge in [0.25, 0.3) is 0 Å². The Bertz CT molecular complexity index is 547. The summed E-state index contributed by atoms with van der Waals surface area (Å²) in [6, 6.07) is 1.66. The number of hydrogen-bond acceptors (Lipinski definition) is 5. The van der Waals surface area contributed by atoms with Crippen molar-refractivity contribution >= 4 is 15.7 Å². The minimum Gasteiger partial charge on any atom is -0.387 e. The fraction of sp³-hybridized carbons (Fsp3) is 0.615. The van der Waals surface area contributed by atoms with E-state index in [-0.39, 0.29) is 4.90 Å². The van der Waals surface area contributed by atoms with E-state index in [0.29, 0.717) is 18.2 Å². The van der Waals surface area contributed by atoms with Crippen LogP contribution in [0.5, 0.6) is 0 Å². The van der Waals surface area contributed by atoms with Crippen molar-refractivity contribution < 1.29 is 8.42 Å². The van der Waals surface area contributed by atoms with E-state index in [1.807, 2.05) is 0 Å². The first kappa shape index (κ1) is 15.2. The van der Waals surface area contributed by atoms with Crippen molar-refractivity contribution in [3.8, 4) is 0 Å². The van der Waals surface area contributed by atoms with Gasteiger partial charge in [0.15, 0.2) is 0 Å². The molecule has 6 nitrogen and oxygen atoms in total. The Hall–Kier alpha value is -1.18. The lowest BCUT2D eigenvalue weighted by Gasteiger charge is -2.15. The first-order chi connectivity index (χ1) is 9.56. The first-order valence-electron chi connectivity index (χ1n) is 6.90. The molecule has 0 radical (unpaired) electrons. The largest absolute Gasteiger partial charge is 0.387 e. The van der Waals surface area contributed by atoms with Gasteiger partial charge in [-0.2, -0.15) is 0 Å². The van der Waals surface area contributed by atoms with Gasteiger partial charge in [-0.3, -0.25) is 4.98 Å². The van der Waals surface area contributed by atoms with Crippen LogP contribution in [-0.2, 0) is 10.0 Å². The number of sulfonamides is 1. The van der Waals surface area contributed by atoms with Crippen molar-refractivity contribution in [2.45, 2.75) is 18.2 Å². The molecule has 1 aromatic heterocycles. The number of nitrogens with one attached hydrogen (secondary N) is 2. The Morgan fingerprint density at radius 3 is 2.95 bits per heavy atom. The SMILES string of the molecule is CCN1CCC(CNS(=O)(=O)c2cnccc2NC)C1. The topological polar surface area (TPSA) is 74.3 Å². The van der Waals surface area contributed by atoms with Crippen molar-refractivity contribution in [2.24, 2.45) is 5.92 Å². The maximum absolute atomic E-state index is 12.3. The molecule has 1 aliphatic heterocycles. The van der Waals surface area contributed by atoms with Crippen LogP contribution in [0, 0.1) is 5.92 Å². The van der Waals surface area contributed by atoms with Gasteiger partial charge in [0.1, 0.15) is 4.90 Å². The van der Waals surface area contributed by atoms with E-state index in [0.717, 1.165) is 26.1 Å². The van der Waals surface area contributed by atoms with E-state index in [1.54, 1.807) is 19.3 Å². The van der Waals surface area contributed by atoms with Crippen LogP contribution < -0.4 is 10.0 Å². The van der Waals surface area contributed by atoms with Gasteiger partial charge in [0.05, 0.1) is 5.69 Å². The molecule has 1 unspecified atom stereocenters. The smallest absolute Gasteiger partial charge is 0.244 e. The summed E-state index contributed by atoms with van der Waals surface area (Å²) < 4.78 is 27.3. The van der Waals surface area contributed by atoms with Crippen LogP contribution in [0.4, 0.5) is 5.69 Å². The van der Waals surface area contributed by atoms with Crippen LogP contribution in [0.15, 0.2) is 23.4 Å². The fourth-order valence-electron chi connectivity index (χ4n) is 2.47. The highest BCUT2D eigenvalue weighted by Gasteiger charge is 2.24. The average molecular weight is 298 g/mol. The highest BCUT2D eigenvalue weighted by Crippen LogP contribution is 2.20. The average Bonchev–Trinajstić information content (AvgIpc) is 2.93. The highest BCUT2D eigenvalue weighted by atomic mass is 32.2. The molecule has 0 aliphatic carbocycles. The van der Waals surface area contributed by atoms with E-state index in [9.17, 15) is 8.42 Å². The molecule has 0 aromatic carbocycles. The summed E-state index contributed by atoms with van der Waals surface area (Å²) in [5, 5.41) is 2.88. The summed E-state index contributed by atoms with van der Waals surface area (Å²) in [5.41, 5.74) is 0.564. The summed E-state index contributed by atoms with van der Waals surface area (Å²) in [4.78, 5) is 6.43. The van der Waals surface area contributed by atoms with E-state index in [1.165, 1.54) is 6.20 Å². The third-order valence-electron chi connectivity index (χ3n) is 3.72. The van der Waals surface area contributed by atoms with Crippen molar-refractivity contribution in [2.75, 3.05) is 38.5 Å². The third-order valence-corrected chi connectivity index (χ3v) is 5.17. The first-order valence-corrected chi connectivity index (χ1v) is 8.39. The molecule has 1 aliphatic rings. The maximum atomic E-state index is 12.3. The van der Waals surface area contributed by atoms with Gasteiger partial charge in [-0.1, -0.05) is 6.92 Å². The predicted octanol–water partition coefficient (Wildman–Crippen LogP) is 0.743. The van der Waals surface area contributed by atoms with Gasteiger partial charge in [0, 0.05) is 32.5 Å². The normalized spacial score (nSPS) is 20.2. The zero-order valence-corrected chi connectivity index (χ0v) is 12.8. The fourth-order valence-corrected chi connectivity index (χ4v) is 3.74. The summed E-state index contributed by atoms with van der Waals surface area (Å²) in [6.45, 7) is 5.65. The summed E-state index contributed by atoms with van der Waals surface area (Å²) >= 11 is 0. The molecule has 1 atom stereocenters. The Kier molecular flexibility index (Phi) is 4.95. The molecule has 0 bridgehead atoms. The van der Waals surface area contributed by atoms with Crippen LogP contribution in [0.3, 0.4) is 0 Å². The summed E-state index contributed by atoms with van der Waals surface area (Å²) in [6.07, 6.45) is 3.99. The molecule has 0 amide bonds. The quantitative estimate of drug-likeness (QED) is 0.810. The van der Waals surface area contributed by atoms with Crippen LogP contribution >= 0.6 is 0 Å². The van der Waals surface area contributed by atoms with E-state index >= 15 is 0 Å². The minimum absolute atomic E-state index is 0.202. The molecule has 2 heterocycles. The second-order valence-electron chi connectivity index (χ2n) is 5.02. The molecule has 0 saturated carbocycles. The van der Waals surface area contributed by atoms with Crippen molar-refractivity contribution in [3.05, 3.63) is 18.5 Å². The predicted molar refractivity (Wildman–Crippen MR) is 79.2 cm³/mol. The molecule has 1 saturated heterocycles. The lowest BCUT2D eigenvalue weighted by atomic mass is 10.1. The number of anilines is 1. The van der Waals surface area contributed by atoms with Gasteiger partial charge < -0.3 is 10.2 Å². The van der Waals surface area contributed by atoms with Crippen molar-refractivity contribution in [1.29, 1.82) is 0 Å². The molecule has 20 heavy (non-hydrogen) atoms. The van der Waals surface area contributed by atoms with Crippen LogP contribution in [0.1, 0.15) is 13.3 Å². The number of likely N-dealkylation sites (tertiary alicyclic amines) is 1. The van der Waals surface area contributed by atoms with E-state index in [2.05, 4.69) is 26.8 Å². The molecular weight excluding hydrogens is 276 g/mol. The van der Waals surface area contributed by atoms with E-state index in [4.69, 9.17) is 0 Å². The van der Waals surface area contributed by atoms with Gasteiger partial charge in [-0.15, -0.1) is 0 Å². The molecule has 2 rings (SSSR count). The van der Waals surface area contributed by atoms with Crippen LogP contribution in [0.2, 0.25) is 0 Å². The number of nitrogens with zero attached hydrogens (tertiary/aromatic N) is 2. The van der Waals surface area contributed by atoms with Gasteiger partial charge in [0.2, 0.25) is 10.0 Å². The molecule has 0 spiro atoms. The Labute approximate surface area is 120 Å². The van der Waals surface area contributed by atoms with E-state index < -0.39 is 10.0 Å². The number of hydrogen-bond donors (Lipinski definition) is 2. The number of pyridine rings is 1. The van der Waals surface area contributed by atoms with Crippen molar-refractivity contribution in [1.82, 2.24) is 14.6 Å². The number of rotatable bonds is 6. The molecule has 2 N–H and O–H groups in total. The van der Waals surface area contributed by atoms with Crippen LogP contribution in [0.25, 0.3) is 0 Å². The second kappa shape index (κ2) is 6.51. The minimum atomic E-state index is -3.51. The summed E-state index contributed by atoms with van der Waals surface area (Å²) in [5.74, 6) is 0.388. The van der Waals surface area contributed by atoms with Gasteiger partial charge in [-0.25, -0.2) is 13.1 Å². The standard InChI is InChI=1S/C13H22N4O2S/c1-3-17-7-5-11(10-17)8-16-20(18,19)13-9-15-6-4-12(13)14-2/h4,6,9,11,16H,3,5,7-8,10H2,1-2H3,(H,14,15). The second-order valence-corrected chi connectivity index (χ2v) is 6.76. The third kappa shape index (κ3) is 3.47. The number of aromatic nitrogens is 1. The Morgan fingerprint density at radius 1 is 1.50 bits per heavy atom. The molecule has 7 heteroatoms. The monoisotopic (exact) mass is 298 g/mol.